The minimum atomic E-state index is 0.517. The van der Waals surface area contributed by atoms with Gasteiger partial charge in [0, 0.05) is 59.2 Å². The molecule has 0 aliphatic heterocycles. The smallest absolute Gasteiger partial charge is 0.164 e. The fourth-order valence-electron chi connectivity index (χ4n) is 8.95. The van der Waals surface area contributed by atoms with Crippen molar-refractivity contribution in [2.75, 3.05) is 0 Å². The molecular weight excluding hydrogens is 799 g/mol. The van der Waals surface area contributed by atoms with Gasteiger partial charge in [0.15, 0.2) is 17.5 Å². The Kier molecular flexibility index (Phi) is 9.09. The molecule has 0 bridgehead atoms. The summed E-state index contributed by atoms with van der Waals surface area (Å²) in [5.41, 5.74) is 11.7. The Morgan fingerprint density at radius 2 is 0.906 bits per heavy atom. The number of benzene rings is 9. The third-order valence-electron chi connectivity index (χ3n) is 12.1. The Bertz CT molecular complexity index is 3680. The Balaban J connectivity index is 0.875. The van der Waals surface area contributed by atoms with Gasteiger partial charge in [0.25, 0.3) is 0 Å². The monoisotopic (exact) mass is 835 g/mol. The van der Waals surface area contributed by atoms with Crippen LogP contribution < -0.4 is 0 Å². The van der Waals surface area contributed by atoms with E-state index in [4.69, 9.17) is 15.0 Å². The van der Waals surface area contributed by atoms with E-state index in [1.54, 1.807) is 11.3 Å². The summed E-state index contributed by atoms with van der Waals surface area (Å²) >= 11 is 1.75. The van der Waals surface area contributed by atoms with Crippen molar-refractivity contribution in [2.45, 2.75) is 0 Å². The van der Waals surface area contributed by atoms with Gasteiger partial charge in [-0.15, -0.1) is 11.3 Å². The number of nitrogens with one attached hydrogen (secondary N) is 1. The lowest BCUT2D eigenvalue weighted by molar-refractivity contribution is 1.07. The minimum absolute atomic E-state index is 0.517. The normalized spacial score (nSPS) is 11.5. The molecule has 3 aromatic heterocycles. The highest BCUT2D eigenvalue weighted by Gasteiger charge is 2.20. The van der Waals surface area contributed by atoms with Gasteiger partial charge in [-0.05, 0) is 63.9 Å². The molecule has 0 aliphatic carbocycles. The first kappa shape index (κ1) is 37.4. The van der Waals surface area contributed by atoms with Crippen LogP contribution in [-0.4, -0.2) is 25.2 Å². The molecule has 6 heteroatoms. The topological polar surface area (TPSA) is 67.5 Å². The largest absolute Gasteiger partial charge is 0.309 e. The first-order valence-corrected chi connectivity index (χ1v) is 22.2. The highest BCUT2D eigenvalue weighted by Crippen LogP contribution is 2.41. The maximum absolute atomic E-state index is 9.58. The first-order chi connectivity index (χ1) is 31.6. The van der Waals surface area contributed by atoms with Crippen molar-refractivity contribution >= 4 is 59.7 Å². The summed E-state index contributed by atoms with van der Waals surface area (Å²) in [6.07, 6.45) is 0. The summed E-state index contributed by atoms with van der Waals surface area (Å²) in [7, 11) is 0. The SMILES string of the molecule is N=C(c1ccc(-c2ccc(-c3nc(-c4ccccc4)nc(-c4cccc(-n5c6ccccc6c6ccccc65)c4)n3)cc2)cc1)c1c(-c2ccc3ccccc3c2)sc2ccccc12. The fourth-order valence-corrected chi connectivity index (χ4v) is 10.2. The highest BCUT2D eigenvalue weighted by molar-refractivity contribution is 7.22. The zero-order chi connectivity index (χ0) is 42.6. The van der Waals surface area contributed by atoms with Crippen LogP contribution in [0.15, 0.2) is 218 Å². The van der Waals surface area contributed by atoms with Crippen LogP contribution in [0.4, 0.5) is 0 Å². The molecule has 1 N–H and O–H groups in total. The van der Waals surface area contributed by atoms with Crippen molar-refractivity contribution in [3.05, 3.63) is 230 Å². The van der Waals surface area contributed by atoms with Gasteiger partial charge in [-0.3, -0.25) is 5.41 Å². The van der Waals surface area contributed by atoms with Crippen LogP contribution in [0.2, 0.25) is 0 Å². The van der Waals surface area contributed by atoms with Gasteiger partial charge in [0.2, 0.25) is 0 Å². The number of hydrogen-bond donors (Lipinski definition) is 1. The quantitative estimate of drug-likeness (QED) is 0.155. The third kappa shape index (κ3) is 6.56. The van der Waals surface area contributed by atoms with E-state index < -0.39 is 0 Å². The molecule has 5 nitrogen and oxygen atoms in total. The maximum Gasteiger partial charge on any atom is 0.164 e. The van der Waals surface area contributed by atoms with E-state index in [1.165, 1.54) is 26.2 Å². The predicted molar refractivity (Wildman–Crippen MR) is 267 cm³/mol. The summed E-state index contributed by atoms with van der Waals surface area (Å²) in [4.78, 5) is 16.3. The Morgan fingerprint density at radius 1 is 0.391 bits per heavy atom. The number of rotatable bonds is 8. The van der Waals surface area contributed by atoms with Crippen LogP contribution in [0.3, 0.4) is 0 Å². The standard InChI is InChI=1S/C58H37N5S/c59-54(53-49-21-8-11-24-52(49)64-55(53)44-34-29-37-13-4-5-16-43(37)35-44)40-30-25-38(26-31-40)39-27-32-42(33-28-39)57-60-56(41-14-2-1-3-15-41)61-58(62-57)45-17-12-18-46(36-45)63-50-22-9-6-19-47(50)48-20-7-10-23-51(48)63/h1-36,59H. The molecule has 9 aromatic carbocycles. The first-order valence-electron chi connectivity index (χ1n) is 21.3. The number of aromatic nitrogens is 4. The second-order valence-corrected chi connectivity index (χ2v) is 17.0. The summed E-state index contributed by atoms with van der Waals surface area (Å²) in [5, 5.41) is 15.5. The zero-order valence-corrected chi connectivity index (χ0v) is 35.3. The van der Waals surface area contributed by atoms with Crippen LogP contribution in [0.1, 0.15) is 11.1 Å². The van der Waals surface area contributed by atoms with Crippen molar-refractivity contribution in [1.29, 1.82) is 5.41 Å². The molecule has 12 rings (SSSR count). The molecule has 0 atom stereocenters. The molecule has 0 amide bonds. The van der Waals surface area contributed by atoms with Crippen molar-refractivity contribution in [1.82, 2.24) is 19.5 Å². The zero-order valence-electron chi connectivity index (χ0n) is 34.5. The lowest BCUT2D eigenvalue weighted by Crippen LogP contribution is -2.02. The van der Waals surface area contributed by atoms with Gasteiger partial charge in [-0.25, -0.2) is 15.0 Å². The van der Waals surface area contributed by atoms with E-state index in [1.807, 2.05) is 30.3 Å². The predicted octanol–water partition coefficient (Wildman–Crippen LogP) is 15.1. The summed E-state index contributed by atoms with van der Waals surface area (Å²) in [6, 6.07) is 75.9. The van der Waals surface area contributed by atoms with Gasteiger partial charge >= 0.3 is 0 Å². The molecule has 300 valence electrons. The van der Waals surface area contributed by atoms with E-state index in [0.717, 1.165) is 71.5 Å². The summed E-state index contributed by atoms with van der Waals surface area (Å²) in [6.45, 7) is 0. The maximum atomic E-state index is 9.58. The van der Waals surface area contributed by atoms with Crippen LogP contribution in [0, 0.1) is 5.41 Å². The van der Waals surface area contributed by atoms with Gasteiger partial charge in [0.05, 0.1) is 16.7 Å². The molecule has 3 heterocycles. The second kappa shape index (κ2) is 15.5. The highest BCUT2D eigenvalue weighted by atomic mass is 32.1. The van der Waals surface area contributed by atoms with Crippen LogP contribution in [0.5, 0.6) is 0 Å². The molecule has 12 aromatic rings. The second-order valence-electron chi connectivity index (χ2n) is 16.0. The lowest BCUT2D eigenvalue weighted by atomic mass is 9.94. The van der Waals surface area contributed by atoms with Gasteiger partial charge in [-0.1, -0.05) is 182 Å². The molecule has 64 heavy (non-hydrogen) atoms. The number of hydrogen-bond acceptors (Lipinski definition) is 5. The molecule has 0 saturated carbocycles. The molecule has 0 fully saturated rings. The summed E-state index contributed by atoms with van der Waals surface area (Å²) < 4.78 is 3.49. The number of fused-ring (bicyclic) bond motifs is 5. The Morgan fingerprint density at radius 3 is 1.61 bits per heavy atom. The molecule has 0 spiro atoms. The average Bonchev–Trinajstić information content (AvgIpc) is 3.93. The van der Waals surface area contributed by atoms with Crippen LogP contribution >= 0.6 is 11.3 Å². The van der Waals surface area contributed by atoms with Crippen molar-refractivity contribution < 1.29 is 0 Å². The molecule has 0 radical (unpaired) electrons. The van der Waals surface area contributed by atoms with Gasteiger partial charge < -0.3 is 4.57 Å². The number of nitrogens with zero attached hydrogens (tertiary/aromatic N) is 4. The fraction of sp³-hybridized carbons (Fsp3) is 0. The molecular formula is C58H37N5S. The van der Waals surface area contributed by atoms with E-state index in [2.05, 4.69) is 193 Å². The van der Waals surface area contributed by atoms with E-state index >= 15 is 0 Å². The molecule has 0 unspecified atom stereocenters. The van der Waals surface area contributed by atoms with Gasteiger partial charge in [0.1, 0.15) is 0 Å². The molecule has 0 aliphatic rings. The van der Waals surface area contributed by atoms with Crippen LogP contribution in [0.25, 0.3) is 104 Å². The third-order valence-corrected chi connectivity index (χ3v) is 13.3. The Labute approximate surface area is 373 Å². The van der Waals surface area contributed by atoms with E-state index in [9.17, 15) is 5.41 Å². The molecule has 0 saturated heterocycles. The Hall–Kier alpha value is -8.32. The van der Waals surface area contributed by atoms with Gasteiger partial charge in [-0.2, -0.15) is 0 Å². The van der Waals surface area contributed by atoms with E-state index in [-0.39, 0.29) is 0 Å². The van der Waals surface area contributed by atoms with Crippen LogP contribution in [-0.2, 0) is 0 Å². The van der Waals surface area contributed by atoms with Crippen molar-refractivity contribution in [3.63, 3.8) is 0 Å². The summed E-state index contributed by atoms with van der Waals surface area (Å²) in [5.74, 6) is 1.83. The van der Waals surface area contributed by atoms with E-state index in [0.29, 0.717) is 23.2 Å². The number of thiophene rings is 1. The average molecular weight is 836 g/mol. The number of para-hydroxylation sites is 2. The van der Waals surface area contributed by atoms with Crippen molar-refractivity contribution in [3.8, 4) is 61.4 Å². The lowest BCUT2D eigenvalue weighted by Gasteiger charge is -2.12. The minimum Gasteiger partial charge on any atom is -0.309 e. The van der Waals surface area contributed by atoms with Crippen molar-refractivity contribution in [2.24, 2.45) is 0 Å².